The molecule has 1 heterocycles. The quantitative estimate of drug-likeness (QED) is 0.757. The first-order chi connectivity index (χ1) is 12.1. The number of hydrogen-bond acceptors (Lipinski definition) is 3. The molecule has 6 nitrogen and oxygen atoms in total. The fourth-order valence-electron chi connectivity index (χ4n) is 2.78. The SMILES string of the molecule is Cn1c(=O)c2ccccc2n(CC(=O)NCCc2ccccc2)c1=O. The highest BCUT2D eigenvalue weighted by Gasteiger charge is 2.12. The first-order valence-electron chi connectivity index (χ1n) is 8.07. The lowest BCUT2D eigenvalue weighted by atomic mass is 10.1. The summed E-state index contributed by atoms with van der Waals surface area (Å²) in [7, 11) is 1.42. The number of amides is 1. The maximum absolute atomic E-state index is 12.4. The van der Waals surface area contributed by atoms with Gasteiger partial charge in [0.2, 0.25) is 5.91 Å². The third-order valence-electron chi connectivity index (χ3n) is 4.13. The third-order valence-corrected chi connectivity index (χ3v) is 4.13. The number of rotatable bonds is 5. The molecular weight excluding hydrogens is 318 g/mol. The fourth-order valence-corrected chi connectivity index (χ4v) is 2.78. The van der Waals surface area contributed by atoms with E-state index in [1.807, 2.05) is 30.3 Å². The molecule has 0 radical (unpaired) electrons. The topological polar surface area (TPSA) is 73.1 Å². The lowest BCUT2D eigenvalue weighted by Crippen LogP contribution is -2.41. The van der Waals surface area contributed by atoms with Crippen LogP contribution in [-0.2, 0) is 24.8 Å². The maximum Gasteiger partial charge on any atom is 0.331 e. The molecule has 0 aliphatic carbocycles. The Kier molecular flexibility index (Phi) is 4.79. The van der Waals surface area contributed by atoms with E-state index in [0.29, 0.717) is 17.4 Å². The number of hydrogen-bond donors (Lipinski definition) is 1. The first kappa shape index (κ1) is 16.7. The van der Waals surface area contributed by atoms with Crippen LogP contribution < -0.4 is 16.6 Å². The maximum atomic E-state index is 12.4. The van der Waals surface area contributed by atoms with E-state index in [2.05, 4.69) is 5.32 Å². The van der Waals surface area contributed by atoms with Crippen molar-refractivity contribution in [2.75, 3.05) is 6.54 Å². The number of nitrogens with zero attached hydrogens (tertiary/aromatic N) is 2. The van der Waals surface area contributed by atoms with Crippen molar-refractivity contribution < 1.29 is 4.79 Å². The van der Waals surface area contributed by atoms with Crippen LogP contribution in [-0.4, -0.2) is 21.6 Å². The Morgan fingerprint density at radius 3 is 2.44 bits per heavy atom. The molecule has 0 saturated heterocycles. The summed E-state index contributed by atoms with van der Waals surface area (Å²) >= 11 is 0. The Bertz CT molecular complexity index is 1020. The van der Waals surface area contributed by atoms with Crippen LogP contribution in [0.15, 0.2) is 64.2 Å². The third kappa shape index (κ3) is 3.52. The Labute approximate surface area is 144 Å². The van der Waals surface area contributed by atoms with Crippen molar-refractivity contribution >= 4 is 16.8 Å². The predicted molar refractivity (Wildman–Crippen MR) is 96.6 cm³/mol. The van der Waals surface area contributed by atoms with Crippen molar-refractivity contribution in [3.63, 3.8) is 0 Å². The smallest absolute Gasteiger partial charge is 0.331 e. The van der Waals surface area contributed by atoms with Gasteiger partial charge in [-0.2, -0.15) is 0 Å². The molecule has 25 heavy (non-hydrogen) atoms. The molecule has 0 atom stereocenters. The molecule has 128 valence electrons. The molecule has 1 amide bonds. The zero-order chi connectivity index (χ0) is 17.8. The Morgan fingerprint density at radius 2 is 1.68 bits per heavy atom. The summed E-state index contributed by atoms with van der Waals surface area (Å²) in [4.78, 5) is 36.8. The van der Waals surface area contributed by atoms with Gasteiger partial charge in [-0.3, -0.25) is 18.7 Å². The highest BCUT2D eigenvalue weighted by atomic mass is 16.2. The molecular formula is C19H19N3O3. The van der Waals surface area contributed by atoms with E-state index in [4.69, 9.17) is 0 Å². The molecule has 1 aromatic heterocycles. The molecule has 2 aromatic carbocycles. The van der Waals surface area contributed by atoms with E-state index in [1.165, 1.54) is 11.6 Å². The molecule has 0 saturated carbocycles. The molecule has 0 unspecified atom stereocenters. The molecule has 6 heteroatoms. The lowest BCUT2D eigenvalue weighted by molar-refractivity contribution is -0.121. The van der Waals surface area contributed by atoms with Crippen LogP contribution in [0.25, 0.3) is 10.9 Å². The highest BCUT2D eigenvalue weighted by molar-refractivity contribution is 5.81. The van der Waals surface area contributed by atoms with Gasteiger partial charge in [-0.1, -0.05) is 42.5 Å². The number of benzene rings is 2. The standard InChI is InChI=1S/C19H19N3O3/c1-21-18(24)15-9-5-6-10-16(15)22(19(21)25)13-17(23)20-12-11-14-7-3-2-4-8-14/h2-10H,11-13H2,1H3,(H,20,23). The summed E-state index contributed by atoms with van der Waals surface area (Å²) in [5.41, 5.74) is 0.740. The van der Waals surface area contributed by atoms with Gasteiger partial charge in [-0.05, 0) is 24.1 Å². The van der Waals surface area contributed by atoms with E-state index in [1.54, 1.807) is 24.3 Å². The van der Waals surface area contributed by atoms with Crippen LogP contribution >= 0.6 is 0 Å². The average Bonchev–Trinajstić information content (AvgIpc) is 2.64. The van der Waals surface area contributed by atoms with Gasteiger partial charge in [0.05, 0.1) is 10.9 Å². The van der Waals surface area contributed by atoms with Crippen molar-refractivity contribution in [1.29, 1.82) is 0 Å². The largest absolute Gasteiger partial charge is 0.354 e. The fraction of sp³-hybridized carbons (Fsp3) is 0.211. The van der Waals surface area contributed by atoms with Gasteiger partial charge in [0.15, 0.2) is 0 Å². The molecule has 0 aliphatic heterocycles. The number of fused-ring (bicyclic) bond motifs is 1. The normalized spacial score (nSPS) is 10.8. The minimum Gasteiger partial charge on any atom is -0.354 e. The van der Waals surface area contributed by atoms with E-state index in [0.717, 1.165) is 16.6 Å². The van der Waals surface area contributed by atoms with Gasteiger partial charge < -0.3 is 5.32 Å². The second-order valence-corrected chi connectivity index (χ2v) is 5.84. The number of carbonyl (C=O) groups excluding carboxylic acids is 1. The van der Waals surface area contributed by atoms with E-state index >= 15 is 0 Å². The van der Waals surface area contributed by atoms with Crippen molar-refractivity contribution in [3.8, 4) is 0 Å². The number of para-hydroxylation sites is 1. The minimum atomic E-state index is -0.498. The van der Waals surface area contributed by atoms with Crippen LogP contribution in [0, 0.1) is 0 Å². The average molecular weight is 337 g/mol. The first-order valence-corrected chi connectivity index (χ1v) is 8.07. The van der Waals surface area contributed by atoms with Crippen molar-refractivity contribution in [2.24, 2.45) is 7.05 Å². The van der Waals surface area contributed by atoms with E-state index < -0.39 is 5.69 Å². The zero-order valence-corrected chi connectivity index (χ0v) is 13.9. The predicted octanol–water partition coefficient (Wildman–Crippen LogP) is 1.06. The van der Waals surface area contributed by atoms with Crippen LogP contribution in [0.5, 0.6) is 0 Å². The molecule has 3 aromatic rings. The van der Waals surface area contributed by atoms with Gasteiger partial charge in [0.25, 0.3) is 5.56 Å². The number of aromatic nitrogens is 2. The highest BCUT2D eigenvalue weighted by Crippen LogP contribution is 2.07. The second kappa shape index (κ2) is 7.17. The van der Waals surface area contributed by atoms with Crippen molar-refractivity contribution in [1.82, 2.24) is 14.5 Å². The van der Waals surface area contributed by atoms with Gasteiger partial charge >= 0.3 is 5.69 Å². The Balaban J connectivity index is 1.77. The van der Waals surface area contributed by atoms with Gasteiger partial charge in [-0.25, -0.2) is 4.79 Å². The van der Waals surface area contributed by atoms with Gasteiger partial charge in [0, 0.05) is 13.6 Å². The molecule has 1 N–H and O–H groups in total. The van der Waals surface area contributed by atoms with Crippen molar-refractivity contribution in [2.45, 2.75) is 13.0 Å². The zero-order valence-electron chi connectivity index (χ0n) is 13.9. The molecule has 0 aliphatic rings. The summed E-state index contributed by atoms with van der Waals surface area (Å²) in [6, 6.07) is 16.6. The molecule has 0 fully saturated rings. The summed E-state index contributed by atoms with van der Waals surface area (Å²) in [6.07, 6.45) is 0.718. The Morgan fingerprint density at radius 1 is 1.00 bits per heavy atom. The van der Waals surface area contributed by atoms with E-state index in [-0.39, 0.29) is 18.0 Å². The summed E-state index contributed by atoms with van der Waals surface area (Å²) in [5.74, 6) is -0.262. The van der Waals surface area contributed by atoms with Crippen LogP contribution in [0.2, 0.25) is 0 Å². The second-order valence-electron chi connectivity index (χ2n) is 5.84. The van der Waals surface area contributed by atoms with Gasteiger partial charge in [-0.15, -0.1) is 0 Å². The number of carbonyl (C=O) groups is 1. The minimum absolute atomic E-state index is 0.123. The van der Waals surface area contributed by atoms with Crippen LogP contribution in [0.4, 0.5) is 0 Å². The number of nitrogens with one attached hydrogen (secondary N) is 1. The molecule has 3 rings (SSSR count). The van der Waals surface area contributed by atoms with Crippen LogP contribution in [0.3, 0.4) is 0 Å². The van der Waals surface area contributed by atoms with Crippen molar-refractivity contribution in [3.05, 3.63) is 81.0 Å². The Hall–Kier alpha value is -3.15. The summed E-state index contributed by atoms with van der Waals surface area (Å²) in [6.45, 7) is 0.365. The molecule has 0 bridgehead atoms. The summed E-state index contributed by atoms with van der Waals surface area (Å²) < 4.78 is 2.36. The summed E-state index contributed by atoms with van der Waals surface area (Å²) in [5, 5.41) is 3.24. The lowest BCUT2D eigenvalue weighted by Gasteiger charge is -2.12. The van der Waals surface area contributed by atoms with Gasteiger partial charge in [0.1, 0.15) is 6.54 Å². The monoisotopic (exact) mass is 337 g/mol. The van der Waals surface area contributed by atoms with E-state index in [9.17, 15) is 14.4 Å². The molecule has 0 spiro atoms. The van der Waals surface area contributed by atoms with Crippen LogP contribution in [0.1, 0.15) is 5.56 Å².